The standard InChI is InChI=1S/C15H17N3O2/c1-9(16-15(19)11-7-8-20-10(11)2)14-17-12-5-3-4-6-13(12)18-14/h3-6,9H,7-8H2,1-2H3,(H,16,19)(H,17,18). The lowest BCUT2D eigenvalue weighted by atomic mass is 10.1. The maximum Gasteiger partial charge on any atom is 0.251 e. The molecule has 0 saturated heterocycles. The molecule has 1 aliphatic rings. The fraction of sp³-hybridized carbons (Fsp3) is 0.333. The fourth-order valence-corrected chi connectivity index (χ4v) is 2.37. The van der Waals surface area contributed by atoms with Crippen molar-refractivity contribution in [1.29, 1.82) is 0 Å². The van der Waals surface area contributed by atoms with Gasteiger partial charge in [-0.3, -0.25) is 4.79 Å². The number of aromatic nitrogens is 2. The molecule has 0 aliphatic carbocycles. The van der Waals surface area contributed by atoms with Crippen LogP contribution in [0.15, 0.2) is 35.6 Å². The number of para-hydroxylation sites is 2. The number of hydrogen-bond donors (Lipinski definition) is 2. The SMILES string of the molecule is CC1=C(C(=O)NC(C)c2nc3ccccc3[nH]2)CCO1. The first-order valence-electron chi connectivity index (χ1n) is 6.73. The van der Waals surface area contributed by atoms with Crippen LogP contribution in [0.1, 0.15) is 32.1 Å². The van der Waals surface area contributed by atoms with Crippen LogP contribution < -0.4 is 5.32 Å². The lowest BCUT2D eigenvalue weighted by molar-refractivity contribution is -0.118. The van der Waals surface area contributed by atoms with E-state index in [1.807, 2.05) is 38.1 Å². The summed E-state index contributed by atoms with van der Waals surface area (Å²) in [5.74, 6) is 1.41. The van der Waals surface area contributed by atoms with Crippen molar-refractivity contribution in [3.05, 3.63) is 41.4 Å². The Morgan fingerprint density at radius 3 is 2.95 bits per heavy atom. The highest BCUT2D eigenvalue weighted by Crippen LogP contribution is 2.20. The Morgan fingerprint density at radius 1 is 1.45 bits per heavy atom. The van der Waals surface area contributed by atoms with Crippen LogP contribution in [-0.2, 0) is 9.53 Å². The highest BCUT2D eigenvalue weighted by atomic mass is 16.5. The largest absolute Gasteiger partial charge is 0.497 e. The topological polar surface area (TPSA) is 67.0 Å². The zero-order valence-electron chi connectivity index (χ0n) is 11.6. The molecule has 0 saturated carbocycles. The highest BCUT2D eigenvalue weighted by molar-refractivity contribution is 5.94. The van der Waals surface area contributed by atoms with Gasteiger partial charge in [0.25, 0.3) is 5.91 Å². The van der Waals surface area contributed by atoms with E-state index < -0.39 is 0 Å². The molecule has 104 valence electrons. The molecule has 1 atom stereocenters. The molecule has 2 N–H and O–H groups in total. The summed E-state index contributed by atoms with van der Waals surface area (Å²) in [5.41, 5.74) is 2.61. The van der Waals surface area contributed by atoms with E-state index in [1.165, 1.54) is 0 Å². The van der Waals surface area contributed by atoms with Gasteiger partial charge in [0.05, 0.1) is 29.3 Å². The van der Waals surface area contributed by atoms with Crippen molar-refractivity contribution in [3.63, 3.8) is 0 Å². The predicted molar refractivity (Wildman–Crippen MR) is 75.9 cm³/mol. The maximum atomic E-state index is 12.2. The summed E-state index contributed by atoms with van der Waals surface area (Å²) < 4.78 is 5.32. The number of nitrogens with one attached hydrogen (secondary N) is 2. The van der Waals surface area contributed by atoms with Crippen LogP contribution in [0.3, 0.4) is 0 Å². The Morgan fingerprint density at radius 2 is 2.25 bits per heavy atom. The van der Waals surface area contributed by atoms with E-state index in [4.69, 9.17) is 4.74 Å². The molecule has 3 rings (SSSR count). The first-order valence-corrected chi connectivity index (χ1v) is 6.73. The Labute approximate surface area is 117 Å². The molecule has 1 aliphatic heterocycles. The van der Waals surface area contributed by atoms with Gasteiger partial charge in [0, 0.05) is 6.42 Å². The molecule has 2 heterocycles. The number of nitrogens with zero attached hydrogens (tertiary/aromatic N) is 1. The van der Waals surface area contributed by atoms with Gasteiger partial charge in [0.1, 0.15) is 11.6 Å². The number of aromatic amines is 1. The number of rotatable bonds is 3. The first kappa shape index (κ1) is 12.7. The van der Waals surface area contributed by atoms with Crippen LogP contribution in [0.5, 0.6) is 0 Å². The molecule has 0 fully saturated rings. The van der Waals surface area contributed by atoms with Gasteiger partial charge in [0.15, 0.2) is 0 Å². The number of allylic oxidation sites excluding steroid dienone is 1. The minimum Gasteiger partial charge on any atom is -0.497 e. The molecule has 20 heavy (non-hydrogen) atoms. The molecule has 2 aromatic rings. The van der Waals surface area contributed by atoms with Crippen molar-refractivity contribution < 1.29 is 9.53 Å². The first-order chi connectivity index (χ1) is 9.65. The molecule has 0 radical (unpaired) electrons. The number of amides is 1. The number of benzene rings is 1. The summed E-state index contributed by atoms with van der Waals surface area (Å²) in [4.78, 5) is 19.9. The Balaban J connectivity index is 1.77. The lowest BCUT2D eigenvalue weighted by Gasteiger charge is -2.11. The predicted octanol–water partition coefficient (Wildman–Crippen LogP) is 2.43. The maximum absolute atomic E-state index is 12.2. The quantitative estimate of drug-likeness (QED) is 0.901. The fourth-order valence-electron chi connectivity index (χ4n) is 2.37. The molecule has 5 heteroatoms. The zero-order chi connectivity index (χ0) is 14.1. The van der Waals surface area contributed by atoms with E-state index in [9.17, 15) is 4.79 Å². The summed E-state index contributed by atoms with van der Waals surface area (Å²) in [6.45, 7) is 4.34. The van der Waals surface area contributed by atoms with Gasteiger partial charge in [-0.15, -0.1) is 0 Å². The van der Waals surface area contributed by atoms with Gasteiger partial charge in [-0.25, -0.2) is 4.98 Å². The van der Waals surface area contributed by atoms with Crippen molar-refractivity contribution in [1.82, 2.24) is 15.3 Å². The van der Waals surface area contributed by atoms with Crippen LogP contribution in [0.4, 0.5) is 0 Å². The van der Waals surface area contributed by atoms with Gasteiger partial charge in [-0.2, -0.15) is 0 Å². The Hall–Kier alpha value is -2.30. The van der Waals surface area contributed by atoms with Crippen molar-refractivity contribution in [2.75, 3.05) is 6.61 Å². The van der Waals surface area contributed by atoms with Crippen molar-refractivity contribution in [2.45, 2.75) is 26.3 Å². The third kappa shape index (κ3) is 2.27. The second-order valence-corrected chi connectivity index (χ2v) is 4.97. The number of fused-ring (bicyclic) bond motifs is 1. The summed E-state index contributed by atoms with van der Waals surface area (Å²) in [7, 11) is 0. The minimum absolute atomic E-state index is 0.0760. The van der Waals surface area contributed by atoms with Gasteiger partial charge < -0.3 is 15.0 Å². The molecule has 1 aromatic carbocycles. The van der Waals surface area contributed by atoms with Crippen molar-refractivity contribution >= 4 is 16.9 Å². The molecule has 0 spiro atoms. The van der Waals surface area contributed by atoms with E-state index in [2.05, 4.69) is 15.3 Å². The highest BCUT2D eigenvalue weighted by Gasteiger charge is 2.22. The zero-order valence-corrected chi connectivity index (χ0v) is 11.6. The third-order valence-electron chi connectivity index (χ3n) is 3.54. The minimum atomic E-state index is -0.171. The average Bonchev–Trinajstić information content (AvgIpc) is 3.04. The van der Waals surface area contributed by atoms with Gasteiger partial charge in [-0.05, 0) is 26.0 Å². The number of hydrogen-bond acceptors (Lipinski definition) is 3. The van der Waals surface area contributed by atoms with Gasteiger partial charge in [-0.1, -0.05) is 12.1 Å². The van der Waals surface area contributed by atoms with E-state index in [0.717, 1.165) is 28.2 Å². The number of carbonyl (C=O) groups excluding carboxylic acids is 1. The molecular weight excluding hydrogens is 254 g/mol. The summed E-state index contributed by atoms with van der Waals surface area (Å²) >= 11 is 0. The Kier molecular flexibility index (Phi) is 3.18. The summed E-state index contributed by atoms with van der Waals surface area (Å²) in [6.07, 6.45) is 0.671. The second kappa shape index (κ2) is 5.00. The smallest absolute Gasteiger partial charge is 0.251 e. The van der Waals surface area contributed by atoms with Crippen LogP contribution in [-0.4, -0.2) is 22.5 Å². The van der Waals surface area contributed by atoms with Crippen LogP contribution in [0, 0.1) is 0 Å². The van der Waals surface area contributed by atoms with Crippen molar-refractivity contribution in [2.24, 2.45) is 0 Å². The second-order valence-electron chi connectivity index (χ2n) is 4.97. The summed E-state index contributed by atoms with van der Waals surface area (Å²) in [6, 6.07) is 7.65. The number of ether oxygens (including phenoxy) is 1. The molecule has 5 nitrogen and oxygen atoms in total. The van der Waals surface area contributed by atoms with E-state index >= 15 is 0 Å². The number of imidazole rings is 1. The van der Waals surface area contributed by atoms with Gasteiger partial charge >= 0.3 is 0 Å². The van der Waals surface area contributed by atoms with Crippen LogP contribution in [0.2, 0.25) is 0 Å². The average molecular weight is 271 g/mol. The number of carbonyl (C=O) groups is 1. The van der Waals surface area contributed by atoms with Crippen LogP contribution >= 0.6 is 0 Å². The van der Waals surface area contributed by atoms with Crippen molar-refractivity contribution in [3.8, 4) is 0 Å². The van der Waals surface area contributed by atoms with Crippen LogP contribution in [0.25, 0.3) is 11.0 Å². The van der Waals surface area contributed by atoms with E-state index in [1.54, 1.807) is 0 Å². The van der Waals surface area contributed by atoms with E-state index in [-0.39, 0.29) is 11.9 Å². The molecule has 0 bridgehead atoms. The molecule has 1 aromatic heterocycles. The summed E-state index contributed by atoms with van der Waals surface area (Å²) in [5, 5.41) is 2.96. The number of H-pyrrole nitrogens is 1. The monoisotopic (exact) mass is 271 g/mol. The van der Waals surface area contributed by atoms with Gasteiger partial charge in [0.2, 0.25) is 0 Å². The third-order valence-corrected chi connectivity index (χ3v) is 3.54. The Bertz CT molecular complexity index is 654. The normalized spacial score (nSPS) is 16.3. The molecular formula is C15H17N3O2. The molecule has 1 amide bonds. The van der Waals surface area contributed by atoms with E-state index in [0.29, 0.717) is 13.0 Å². The molecule has 1 unspecified atom stereocenters. The lowest BCUT2D eigenvalue weighted by Crippen LogP contribution is -2.28.